The van der Waals surface area contributed by atoms with Gasteiger partial charge < -0.3 is 15.0 Å². The monoisotopic (exact) mass is 389 g/mol. The highest BCUT2D eigenvalue weighted by atomic mass is 19.1. The van der Waals surface area contributed by atoms with Crippen molar-refractivity contribution < 1.29 is 13.9 Å². The Bertz CT molecular complexity index is 1200. The molecule has 6 heteroatoms. The van der Waals surface area contributed by atoms with E-state index >= 15 is 0 Å². The van der Waals surface area contributed by atoms with Crippen LogP contribution in [0.4, 0.5) is 4.39 Å². The number of aromatic nitrogens is 2. The molecule has 2 aromatic heterocycles. The van der Waals surface area contributed by atoms with Gasteiger partial charge in [-0.25, -0.2) is 4.39 Å². The van der Waals surface area contributed by atoms with E-state index in [4.69, 9.17) is 4.74 Å². The van der Waals surface area contributed by atoms with Crippen LogP contribution in [0, 0.1) is 12.7 Å². The van der Waals surface area contributed by atoms with Crippen molar-refractivity contribution in [1.82, 2.24) is 15.3 Å². The Kier molecular flexibility index (Phi) is 5.24. The van der Waals surface area contributed by atoms with E-state index in [-0.39, 0.29) is 11.7 Å². The summed E-state index contributed by atoms with van der Waals surface area (Å²) in [5, 5.41) is 4.95. The van der Waals surface area contributed by atoms with Gasteiger partial charge in [0.1, 0.15) is 18.2 Å². The average Bonchev–Trinajstić information content (AvgIpc) is 3.10. The van der Waals surface area contributed by atoms with Crippen LogP contribution < -0.4 is 10.1 Å². The van der Waals surface area contributed by atoms with Crippen LogP contribution in [-0.2, 0) is 4.79 Å². The van der Waals surface area contributed by atoms with Crippen LogP contribution in [0.3, 0.4) is 0 Å². The minimum atomic E-state index is -0.304. The van der Waals surface area contributed by atoms with E-state index in [9.17, 15) is 9.18 Å². The topological polar surface area (TPSA) is 67.0 Å². The first-order chi connectivity index (χ1) is 14.1. The zero-order valence-corrected chi connectivity index (χ0v) is 15.9. The summed E-state index contributed by atoms with van der Waals surface area (Å²) in [6.45, 7) is 2.70. The van der Waals surface area contributed by atoms with Crippen molar-refractivity contribution in [2.24, 2.45) is 0 Å². The maximum atomic E-state index is 12.9. The highest BCUT2D eigenvalue weighted by molar-refractivity contribution is 6.08. The highest BCUT2D eigenvalue weighted by Gasteiger charge is 2.08. The van der Waals surface area contributed by atoms with E-state index in [1.165, 1.54) is 18.2 Å². The van der Waals surface area contributed by atoms with Crippen LogP contribution in [0.1, 0.15) is 11.3 Å². The maximum absolute atomic E-state index is 12.9. The van der Waals surface area contributed by atoms with E-state index in [2.05, 4.69) is 15.3 Å². The van der Waals surface area contributed by atoms with Crippen LogP contribution in [0.2, 0.25) is 0 Å². The van der Waals surface area contributed by atoms with Gasteiger partial charge in [-0.05, 0) is 55.0 Å². The van der Waals surface area contributed by atoms with Gasteiger partial charge in [0.05, 0.1) is 17.8 Å². The molecular formula is C23H20FN3O2. The van der Waals surface area contributed by atoms with Crippen LogP contribution in [0.5, 0.6) is 5.75 Å². The lowest BCUT2D eigenvalue weighted by molar-refractivity contribution is -0.116. The normalized spacial score (nSPS) is 11.4. The molecule has 4 rings (SSSR count). The van der Waals surface area contributed by atoms with Crippen LogP contribution in [0.25, 0.3) is 27.9 Å². The Morgan fingerprint density at radius 1 is 1.17 bits per heavy atom. The van der Waals surface area contributed by atoms with Crippen molar-refractivity contribution >= 4 is 33.8 Å². The molecule has 0 radical (unpaired) electrons. The number of aromatic amines is 1. The summed E-state index contributed by atoms with van der Waals surface area (Å²) in [6.07, 6.45) is 4.85. The second-order valence-corrected chi connectivity index (χ2v) is 6.68. The summed E-state index contributed by atoms with van der Waals surface area (Å²) in [4.78, 5) is 19.6. The molecule has 0 aliphatic carbocycles. The number of nitrogens with zero attached hydrogens (tertiary/aromatic N) is 1. The molecule has 4 aromatic rings. The largest absolute Gasteiger partial charge is 0.492 e. The molecular weight excluding hydrogens is 369 g/mol. The summed E-state index contributed by atoms with van der Waals surface area (Å²) >= 11 is 0. The standard InChI is InChI=1S/C23H20FN3O2/c1-15-23-19(10-11-25-15)20-14-18(7-8-21(20)27-23)29-13-12-26-22(28)9-4-16-2-5-17(24)6-3-16/h2-11,14,27H,12-13H2,1H3,(H,26,28)/b9-4+. The van der Waals surface area contributed by atoms with Gasteiger partial charge >= 0.3 is 0 Å². The number of ether oxygens (including phenoxy) is 1. The number of benzene rings is 2. The molecule has 29 heavy (non-hydrogen) atoms. The summed E-state index contributed by atoms with van der Waals surface area (Å²) in [5.41, 5.74) is 3.77. The third-order valence-electron chi connectivity index (χ3n) is 4.65. The van der Waals surface area contributed by atoms with Crippen LogP contribution in [0.15, 0.2) is 60.8 Å². The third kappa shape index (κ3) is 4.27. The molecule has 0 unspecified atom stereocenters. The molecule has 0 aliphatic rings. The Morgan fingerprint density at radius 3 is 2.83 bits per heavy atom. The van der Waals surface area contributed by atoms with E-state index in [1.807, 2.05) is 31.2 Å². The number of nitrogens with one attached hydrogen (secondary N) is 2. The molecule has 0 fully saturated rings. The van der Waals surface area contributed by atoms with Crippen LogP contribution in [-0.4, -0.2) is 29.0 Å². The molecule has 0 aliphatic heterocycles. The van der Waals surface area contributed by atoms with Crippen molar-refractivity contribution in [2.45, 2.75) is 6.92 Å². The van der Waals surface area contributed by atoms with Crippen molar-refractivity contribution in [3.63, 3.8) is 0 Å². The summed E-state index contributed by atoms with van der Waals surface area (Å²) in [7, 11) is 0. The SMILES string of the molecule is Cc1nccc2c1[nH]c1ccc(OCCNC(=O)/C=C/c3ccc(F)cc3)cc12. The lowest BCUT2D eigenvalue weighted by Crippen LogP contribution is -2.26. The molecule has 0 spiro atoms. The first-order valence-corrected chi connectivity index (χ1v) is 9.31. The zero-order valence-electron chi connectivity index (χ0n) is 15.9. The predicted molar refractivity (Wildman–Crippen MR) is 112 cm³/mol. The van der Waals surface area contributed by atoms with Crippen molar-refractivity contribution in [3.05, 3.63) is 77.9 Å². The van der Waals surface area contributed by atoms with Gasteiger partial charge in [0.25, 0.3) is 0 Å². The number of carbonyl (C=O) groups excluding carboxylic acids is 1. The molecule has 0 saturated carbocycles. The number of aryl methyl sites for hydroxylation is 1. The average molecular weight is 389 g/mol. The quantitative estimate of drug-likeness (QED) is 0.380. The molecule has 0 bridgehead atoms. The molecule has 2 heterocycles. The van der Waals surface area contributed by atoms with Gasteiger partial charge in [0.2, 0.25) is 5.91 Å². The molecule has 5 nitrogen and oxygen atoms in total. The molecule has 2 aromatic carbocycles. The van der Waals surface area contributed by atoms with Gasteiger partial charge in [-0.3, -0.25) is 9.78 Å². The zero-order chi connectivity index (χ0) is 20.2. The Hall–Kier alpha value is -3.67. The summed E-state index contributed by atoms with van der Waals surface area (Å²) in [6, 6.07) is 13.8. The van der Waals surface area contributed by atoms with Crippen molar-refractivity contribution in [3.8, 4) is 5.75 Å². The Labute approximate surface area is 167 Å². The van der Waals surface area contributed by atoms with E-state index in [1.54, 1.807) is 24.4 Å². The van der Waals surface area contributed by atoms with Crippen molar-refractivity contribution in [1.29, 1.82) is 0 Å². The number of carbonyl (C=O) groups is 1. The van der Waals surface area contributed by atoms with Crippen LogP contribution >= 0.6 is 0 Å². The second kappa shape index (κ2) is 8.14. The van der Waals surface area contributed by atoms with Gasteiger partial charge in [-0.15, -0.1) is 0 Å². The fourth-order valence-electron chi connectivity index (χ4n) is 3.18. The molecule has 1 amide bonds. The van der Waals surface area contributed by atoms with Gasteiger partial charge in [-0.2, -0.15) is 0 Å². The number of pyridine rings is 1. The highest BCUT2D eigenvalue weighted by Crippen LogP contribution is 2.29. The predicted octanol–water partition coefficient (Wildman–Crippen LogP) is 4.37. The number of H-pyrrole nitrogens is 1. The first-order valence-electron chi connectivity index (χ1n) is 9.31. The molecule has 2 N–H and O–H groups in total. The Morgan fingerprint density at radius 2 is 2.00 bits per heavy atom. The summed E-state index contributed by atoms with van der Waals surface area (Å²) in [5.74, 6) is 0.207. The number of halogens is 1. The van der Waals surface area contributed by atoms with Gasteiger partial charge in [-0.1, -0.05) is 12.1 Å². The van der Waals surface area contributed by atoms with E-state index in [0.717, 1.165) is 38.8 Å². The van der Waals surface area contributed by atoms with E-state index < -0.39 is 0 Å². The lowest BCUT2D eigenvalue weighted by atomic mass is 10.1. The molecule has 0 saturated heterocycles. The maximum Gasteiger partial charge on any atom is 0.244 e. The second-order valence-electron chi connectivity index (χ2n) is 6.68. The number of hydrogen-bond acceptors (Lipinski definition) is 3. The van der Waals surface area contributed by atoms with Crippen molar-refractivity contribution in [2.75, 3.05) is 13.2 Å². The lowest BCUT2D eigenvalue weighted by Gasteiger charge is -2.07. The summed E-state index contributed by atoms with van der Waals surface area (Å²) < 4.78 is 18.7. The number of fused-ring (bicyclic) bond motifs is 3. The smallest absolute Gasteiger partial charge is 0.244 e. The minimum absolute atomic E-state index is 0.229. The molecule has 146 valence electrons. The fourth-order valence-corrected chi connectivity index (χ4v) is 3.18. The third-order valence-corrected chi connectivity index (χ3v) is 4.65. The first kappa shape index (κ1) is 18.7. The van der Waals surface area contributed by atoms with Gasteiger partial charge in [0.15, 0.2) is 0 Å². The fraction of sp³-hybridized carbons (Fsp3) is 0.130. The number of rotatable bonds is 6. The Balaban J connectivity index is 1.33. The number of hydrogen-bond donors (Lipinski definition) is 2. The van der Waals surface area contributed by atoms with Gasteiger partial charge in [0, 0.05) is 28.6 Å². The molecule has 0 atom stereocenters. The number of amides is 1. The minimum Gasteiger partial charge on any atom is -0.492 e. The van der Waals surface area contributed by atoms with E-state index in [0.29, 0.717) is 13.2 Å².